The summed E-state index contributed by atoms with van der Waals surface area (Å²) in [5, 5.41) is 0. The van der Waals surface area contributed by atoms with Crippen molar-refractivity contribution in [3.8, 4) is 5.75 Å². The van der Waals surface area contributed by atoms with Gasteiger partial charge >= 0.3 is 0 Å². The van der Waals surface area contributed by atoms with E-state index >= 15 is 0 Å². The number of hydrogen-bond donors (Lipinski definition) is 2. The molecule has 3 rings (SSSR count). The van der Waals surface area contributed by atoms with Crippen molar-refractivity contribution in [1.29, 1.82) is 0 Å². The SMILES string of the molecule is CCc1ccc(OCC(=O)NNC(=O)CCc2nc3ccccc3o2)cc1. The fraction of sp³-hybridized carbons (Fsp3) is 0.250. The van der Waals surface area contributed by atoms with Crippen LogP contribution in [-0.2, 0) is 22.4 Å². The molecule has 3 aromatic rings. The van der Waals surface area contributed by atoms with Gasteiger partial charge in [0.1, 0.15) is 11.3 Å². The molecule has 2 aromatic carbocycles. The highest BCUT2D eigenvalue weighted by Crippen LogP contribution is 2.15. The van der Waals surface area contributed by atoms with Crippen molar-refractivity contribution in [2.45, 2.75) is 26.2 Å². The van der Waals surface area contributed by atoms with Gasteiger partial charge in [-0.05, 0) is 36.2 Å². The molecule has 0 radical (unpaired) electrons. The quantitative estimate of drug-likeness (QED) is 0.626. The van der Waals surface area contributed by atoms with Gasteiger partial charge in [-0.2, -0.15) is 0 Å². The number of carbonyl (C=O) groups is 2. The highest BCUT2D eigenvalue weighted by atomic mass is 16.5. The summed E-state index contributed by atoms with van der Waals surface area (Å²) in [4.78, 5) is 27.9. The van der Waals surface area contributed by atoms with Crippen molar-refractivity contribution < 1.29 is 18.7 Å². The Hall–Kier alpha value is -3.35. The molecule has 0 spiro atoms. The van der Waals surface area contributed by atoms with Crippen molar-refractivity contribution in [2.24, 2.45) is 0 Å². The first-order chi connectivity index (χ1) is 13.1. The monoisotopic (exact) mass is 367 g/mol. The first-order valence-corrected chi connectivity index (χ1v) is 8.78. The average Bonchev–Trinajstić information content (AvgIpc) is 3.12. The van der Waals surface area contributed by atoms with Crippen LogP contribution in [0.4, 0.5) is 0 Å². The van der Waals surface area contributed by atoms with Crippen LogP contribution in [-0.4, -0.2) is 23.4 Å². The van der Waals surface area contributed by atoms with Gasteiger partial charge in [-0.1, -0.05) is 31.2 Å². The molecular formula is C20H21N3O4. The molecule has 0 fully saturated rings. The lowest BCUT2D eigenvalue weighted by molar-refractivity contribution is -0.130. The van der Waals surface area contributed by atoms with Crippen LogP contribution in [0.15, 0.2) is 52.9 Å². The summed E-state index contributed by atoms with van der Waals surface area (Å²) in [6.45, 7) is 1.88. The maximum atomic E-state index is 11.8. The van der Waals surface area contributed by atoms with Gasteiger partial charge in [0.15, 0.2) is 18.1 Å². The summed E-state index contributed by atoms with van der Waals surface area (Å²) in [6.07, 6.45) is 1.43. The van der Waals surface area contributed by atoms with E-state index in [0.717, 1.165) is 11.9 Å². The summed E-state index contributed by atoms with van der Waals surface area (Å²) in [5.41, 5.74) is 7.31. The fourth-order valence-electron chi connectivity index (χ4n) is 2.46. The van der Waals surface area contributed by atoms with Crippen molar-refractivity contribution in [1.82, 2.24) is 15.8 Å². The average molecular weight is 367 g/mol. The van der Waals surface area contributed by atoms with Gasteiger partial charge < -0.3 is 9.15 Å². The number of para-hydroxylation sites is 2. The topological polar surface area (TPSA) is 93.5 Å². The van der Waals surface area contributed by atoms with E-state index in [1.807, 2.05) is 48.5 Å². The van der Waals surface area contributed by atoms with Crippen molar-refractivity contribution >= 4 is 22.9 Å². The molecule has 0 unspecified atom stereocenters. The number of aryl methyl sites for hydroxylation is 2. The molecule has 0 aliphatic carbocycles. The molecule has 7 nitrogen and oxygen atoms in total. The summed E-state index contributed by atoms with van der Waals surface area (Å²) in [7, 11) is 0. The fourth-order valence-corrected chi connectivity index (χ4v) is 2.46. The maximum Gasteiger partial charge on any atom is 0.276 e. The number of hydrogen-bond acceptors (Lipinski definition) is 5. The Kier molecular flexibility index (Phi) is 6.04. The highest BCUT2D eigenvalue weighted by molar-refractivity contribution is 5.82. The largest absolute Gasteiger partial charge is 0.484 e. The molecule has 7 heteroatoms. The van der Waals surface area contributed by atoms with E-state index in [0.29, 0.717) is 23.6 Å². The Morgan fingerprint density at radius 2 is 1.78 bits per heavy atom. The Morgan fingerprint density at radius 1 is 1.04 bits per heavy atom. The third-order valence-electron chi connectivity index (χ3n) is 3.95. The number of ether oxygens (including phenoxy) is 1. The second-order valence-electron chi connectivity index (χ2n) is 5.96. The van der Waals surface area contributed by atoms with Gasteiger partial charge in [0.25, 0.3) is 5.91 Å². The molecule has 0 atom stereocenters. The number of benzene rings is 2. The van der Waals surface area contributed by atoms with Crippen LogP contribution >= 0.6 is 0 Å². The standard InChI is InChI=1S/C20H21N3O4/c1-2-14-7-9-15(10-8-14)26-13-19(25)23-22-18(24)11-12-20-21-16-5-3-4-6-17(16)27-20/h3-10H,2,11-13H2,1H3,(H,22,24)(H,23,25). The number of nitrogens with zero attached hydrogens (tertiary/aromatic N) is 1. The zero-order valence-electron chi connectivity index (χ0n) is 15.0. The molecule has 0 saturated heterocycles. The van der Waals surface area contributed by atoms with Gasteiger partial charge in [-0.3, -0.25) is 20.4 Å². The number of oxazole rings is 1. The van der Waals surface area contributed by atoms with E-state index in [2.05, 4.69) is 22.8 Å². The lowest BCUT2D eigenvalue weighted by atomic mass is 10.2. The lowest BCUT2D eigenvalue weighted by Gasteiger charge is -2.08. The van der Waals surface area contributed by atoms with E-state index in [4.69, 9.17) is 9.15 Å². The Morgan fingerprint density at radius 3 is 2.52 bits per heavy atom. The van der Waals surface area contributed by atoms with Crippen molar-refractivity contribution in [3.63, 3.8) is 0 Å². The van der Waals surface area contributed by atoms with Gasteiger partial charge in [0, 0.05) is 12.8 Å². The summed E-state index contributed by atoms with van der Waals surface area (Å²) < 4.78 is 10.9. The molecule has 1 aromatic heterocycles. The minimum Gasteiger partial charge on any atom is -0.484 e. The first kappa shape index (κ1) is 18.4. The third kappa shape index (κ3) is 5.31. The van der Waals surface area contributed by atoms with Crippen LogP contribution in [0.2, 0.25) is 0 Å². The van der Waals surface area contributed by atoms with Crippen LogP contribution in [0.1, 0.15) is 24.8 Å². The predicted molar refractivity (Wildman–Crippen MR) is 99.9 cm³/mol. The predicted octanol–water partition coefficient (Wildman–Crippen LogP) is 2.55. The third-order valence-corrected chi connectivity index (χ3v) is 3.95. The Balaban J connectivity index is 1.37. The van der Waals surface area contributed by atoms with Crippen LogP contribution in [0.5, 0.6) is 5.75 Å². The second kappa shape index (κ2) is 8.84. The second-order valence-corrected chi connectivity index (χ2v) is 5.96. The lowest BCUT2D eigenvalue weighted by Crippen LogP contribution is -2.43. The van der Waals surface area contributed by atoms with E-state index in [-0.39, 0.29) is 18.9 Å². The zero-order valence-corrected chi connectivity index (χ0v) is 15.0. The van der Waals surface area contributed by atoms with E-state index in [9.17, 15) is 9.59 Å². The molecule has 0 saturated carbocycles. The summed E-state index contributed by atoms with van der Waals surface area (Å²) in [6, 6.07) is 14.9. The van der Waals surface area contributed by atoms with Crippen LogP contribution in [0, 0.1) is 0 Å². The molecule has 140 valence electrons. The molecule has 27 heavy (non-hydrogen) atoms. The van der Waals surface area contributed by atoms with E-state index in [1.165, 1.54) is 5.56 Å². The molecule has 2 amide bonds. The number of aromatic nitrogens is 1. The van der Waals surface area contributed by atoms with E-state index < -0.39 is 5.91 Å². The smallest absolute Gasteiger partial charge is 0.276 e. The highest BCUT2D eigenvalue weighted by Gasteiger charge is 2.09. The minimum absolute atomic E-state index is 0.145. The van der Waals surface area contributed by atoms with Gasteiger partial charge in [-0.15, -0.1) is 0 Å². The van der Waals surface area contributed by atoms with Crippen LogP contribution in [0.25, 0.3) is 11.1 Å². The van der Waals surface area contributed by atoms with Crippen molar-refractivity contribution in [3.05, 3.63) is 60.0 Å². The molecule has 0 aliphatic heterocycles. The first-order valence-electron chi connectivity index (χ1n) is 8.78. The number of nitrogens with one attached hydrogen (secondary N) is 2. The van der Waals surface area contributed by atoms with Gasteiger partial charge in [0.05, 0.1) is 0 Å². The van der Waals surface area contributed by atoms with Crippen LogP contribution < -0.4 is 15.6 Å². The zero-order chi connectivity index (χ0) is 19.1. The van der Waals surface area contributed by atoms with Crippen LogP contribution in [0.3, 0.4) is 0 Å². The molecule has 1 heterocycles. The van der Waals surface area contributed by atoms with Gasteiger partial charge in [0.2, 0.25) is 5.91 Å². The number of fused-ring (bicyclic) bond motifs is 1. The molecule has 0 aliphatic rings. The summed E-state index contributed by atoms with van der Waals surface area (Å²) >= 11 is 0. The number of amides is 2. The summed E-state index contributed by atoms with van der Waals surface area (Å²) in [5.74, 6) is 0.309. The Bertz CT molecular complexity index is 885. The maximum absolute atomic E-state index is 11.8. The number of hydrazine groups is 1. The Labute approximate surface area is 156 Å². The normalized spacial score (nSPS) is 10.6. The number of rotatable bonds is 7. The molecular weight excluding hydrogens is 346 g/mol. The van der Waals surface area contributed by atoms with Gasteiger partial charge in [-0.25, -0.2) is 4.98 Å². The van der Waals surface area contributed by atoms with E-state index in [1.54, 1.807) is 0 Å². The molecule has 2 N–H and O–H groups in total. The van der Waals surface area contributed by atoms with Crippen molar-refractivity contribution in [2.75, 3.05) is 6.61 Å². The minimum atomic E-state index is -0.440. The number of carbonyl (C=O) groups excluding carboxylic acids is 2. The molecule has 0 bridgehead atoms.